The van der Waals surface area contributed by atoms with Crippen molar-refractivity contribution in [3.8, 4) is 11.5 Å². The number of amides is 2. The lowest BCUT2D eigenvalue weighted by molar-refractivity contribution is -0.121. The topological polar surface area (TPSA) is 84.0 Å². The third-order valence-electron chi connectivity index (χ3n) is 6.20. The number of ether oxygens (including phenoxy) is 2. The Kier molecular flexibility index (Phi) is 6.78. The molecule has 2 saturated heterocycles. The minimum absolute atomic E-state index is 0.00593. The van der Waals surface area contributed by atoms with Gasteiger partial charge in [-0.2, -0.15) is 0 Å². The summed E-state index contributed by atoms with van der Waals surface area (Å²) in [5.74, 6) is 1.78. The van der Waals surface area contributed by atoms with Gasteiger partial charge in [-0.1, -0.05) is 0 Å². The Morgan fingerprint density at radius 3 is 2.28 bits per heavy atom. The van der Waals surface area contributed by atoms with Crippen LogP contribution in [-0.2, 0) is 4.79 Å². The summed E-state index contributed by atoms with van der Waals surface area (Å²) < 4.78 is 10.5. The maximum Gasteiger partial charge on any atom is 0.254 e. The fraction of sp³-hybridized carbons (Fsp3) is 0.458. The van der Waals surface area contributed by atoms with Gasteiger partial charge in [-0.25, -0.2) is 4.98 Å². The molecule has 32 heavy (non-hydrogen) atoms. The summed E-state index contributed by atoms with van der Waals surface area (Å²) in [4.78, 5) is 34.5. The van der Waals surface area contributed by atoms with Crippen molar-refractivity contribution in [1.82, 2.24) is 9.88 Å². The van der Waals surface area contributed by atoms with Crippen LogP contribution in [0.2, 0.25) is 0 Å². The van der Waals surface area contributed by atoms with Crippen LogP contribution < -0.4 is 19.7 Å². The molecule has 8 nitrogen and oxygen atoms in total. The standard InChI is InChI=1S/C24H30N4O4/c1-31-19-14-18(15-20(16-19)32-2)24(30)28-12-7-17(8-13-28)23(29)26-21-6-5-9-25-22(21)27-10-3-4-11-27/h5-6,9,14-17H,3-4,7-8,10-13H2,1-2H3,(H,26,29). The molecule has 0 saturated carbocycles. The molecule has 2 aromatic rings. The summed E-state index contributed by atoms with van der Waals surface area (Å²) >= 11 is 0. The molecule has 0 spiro atoms. The SMILES string of the molecule is COc1cc(OC)cc(C(=O)N2CCC(C(=O)Nc3cccnc3N3CCCC3)CC2)c1. The van der Waals surface area contributed by atoms with Gasteiger partial charge >= 0.3 is 0 Å². The first kappa shape index (κ1) is 21.9. The normalized spacial score (nSPS) is 16.7. The second kappa shape index (κ2) is 9.89. The zero-order valence-corrected chi connectivity index (χ0v) is 18.7. The lowest BCUT2D eigenvalue weighted by Gasteiger charge is -2.31. The predicted octanol–water partition coefficient (Wildman–Crippen LogP) is 3.19. The number of aromatic nitrogens is 1. The van der Waals surface area contributed by atoms with Gasteiger partial charge in [0.25, 0.3) is 5.91 Å². The molecule has 1 N–H and O–H groups in total. The van der Waals surface area contributed by atoms with E-state index in [2.05, 4.69) is 15.2 Å². The third-order valence-corrected chi connectivity index (χ3v) is 6.20. The van der Waals surface area contributed by atoms with Gasteiger partial charge in [0.1, 0.15) is 11.5 Å². The first-order valence-electron chi connectivity index (χ1n) is 11.1. The highest BCUT2D eigenvalue weighted by Crippen LogP contribution is 2.29. The molecule has 0 radical (unpaired) electrons. The number of likely N-dealkylation sites (tertiary alicyclic amines) is 1. The van der Waals surface area contributed by atoms with Crippen LogP contribution in [0.15, 0.2) is 36.5 Å². The monoisotopic (exact) mass is 438 g/mol. The lowest BCUT2D eigenvalue weighted by Crippen LogP contribution is -2.41. The predicted molar refractivity (Wildman–Crippen MR) is 122 cm³/mol. The molecule has 2 fully saturated rings. The van der Waals surface area contributed by atoms with Gasteiger partial charge < -0.3 is 24.6 Å². The summed E-state index contributed by atoms with van der Waals surface area (Å²) in [6.07, 6.45) is 5.31. The van der Waals surface area contributed by atoms with Crippen LogP contribution in [-0.4, -0.2) is 62.1 Å². The van der Waals surface area contributed by atoms with Crippen molar-refractivity contribution in [2.24, 2.45) is 5.92 Å². The van der Waals surface area contributed by atoms with Crippen molar-refractivity contribution in [2.45, 2.75) is 25.7 Å². The number of carbonyl (C=O) groups is 2. The first-order chi connectivity index (χ1) is 15.6. The molecule has 0 unspecified atom stereocenters. The van der Waals surface area contributed by atoms with Gasteiger partial charge in [-0.15, -0.1) is 0 Å². The van der Waals surface area contributed by atoms with Crippen molar-refractivity contribution < 1.29 is 19.1 Å². The van der Waals surface area contributed by atoms with E-state index in [1.807, 2.05) is 12.1 Å². The summed E-state index contributed by atoms with van der Waals surface area (Å²) in [5, 5.41) is 3.08. The van der Waals surface area contributed by atoms with Crippen LogP contribution in [0, 0.1) is 5.92 Å². The number of anilines is 2. The molecule has 1 aromatic carbocycles. The second-order valence-electron chi connectivity index (χ2n) is 8.23. The van der Waals surface area contributed by atoms with Crippen LogP contribution in [0.3, 0.4) is 0 Å². The summed E-state index contributed by atoms with van der Waals surface area (Å²) in [6.45, 7) is 3.00. The molecule has 8 heteroatoms. The van der Waals surface area contributed by atoms with Crippen molar-refractivity contribution >= 4 is 23.3 Å². The number of hydrogen-bond acceptors (Lipinski definition) is 6. The van der Waals surface area contributed by atoms with Crippen molar-refractivity contribution in [3.05, 3.63) is 42.1 Å². The average molecular weight is 439 g/mol. The van der Waals surface area contributed by atoms with Crippen LogP contribution in [0.25, 0.3) is 0 Å². The minimum Gasteiger partial charge on any atom is -0.497 e. The molecule has 2 aliphatic rings. The van der Waals surface area contributed by atoms with E-state index in [1.54, 1.807) is 43.5 Å². The average Bonchev–Trinajstić information content (AvgIpc) is 3.38. The molecular formula is C24H30N4O4. The number of hydrogen-bond donors (Lipinski definition) is 1. The lowest BCUT2D eigenvalue weighted by atomic mass is 9.95. The summed E-state index contributed by atoms with van der Waals surface area (Å²) in [6, 6.07) is 8.92. The van der Waals surface area contributed by atoms with Crippen molar-refractivity contribution in [2.75, 3.05) is 50.6 Å². The Morgan fingerprint density at radius 2 is 1.66 bits per heavy atom. The number of pyridine rings is 1. The molecule has 2 aliphatic heterocycles. The maximum absolute atomic E-state index is 13.0. The fourth-order valence-electron chi connectivity index (χ4n) is 4.37. The van der Waals surface area contributed by atoms with E-state index in [0.717, 1.165) is 37.4 Å². The Labute approximate surface area is 188 Å². The molecule has 0 bridgehead atoms. The van der Waals surface area contributed by atoms with Gasteiger partial charge in [0.2, 0.25) is 5.91 Å². The van der Waals surface area contributed by atoms with Crippen LogP contribution >= 0.6 is 0 Å². The molecule has 3 heterocycles. The minimum atomic E-state index is -0.134. The van der Waals surface area contributed by atoms with Crippen LogP contribution in [0.1, 0.15) is 36.0 Å². The molecular weight excluding hydrogens is 408 g/mol. The van der Waals surface area contributed by atoms with E-state index in [9.17, 15) is 9.59 Å². The Balaban J connectivity index is 1.37. The number of rotatable bonds is 6. The molecule has 0 aliphatic carbocycles. The zero-order valence-electron chi connectivity index (χ0n) is 18.7. The largest absolute Gasteiger partial charge is 0.497 e. The molecule has 0 atom stereocenters. The number of methoxy groups -OCH3 is 2. The van der Waals surface area contributed by atoms with E-state index >= 15 is 0 Å². The molecule has 4 rings (SSSR count). The number of nitrogens with zero attached hydrogens (tertiary/aromatic N) is 3. The van der Waals surface area contributed by atoms with E-state index in [0.29, 0.717) is 43.0 Å². The number of carbonyl (C=O) groups excluding carboxylic acids is 2. The molecule has 2 amide bonds. The van der Waals surface area contributed by atoms with Gasteiger partial charge in [0, 0.05) is 49.9 Å². The van der Waals surface area contributed by atoms with E-state index in [1.165, 1.54) is 0 Å². The number of nitrogens with one attached hydrogen (secondary N) is 1. The van der Waals surface area contributed by atoms with Gasteiger partial charge in [-0.3, -0.25) is 9.59 Å². The van der Waals surface area contributed by atoms with Crippen molar-refractivity contribution in [1.29, 1.82) is 0 Å². The highest BCUT2D eigenvalue weighted by molar-refractivity contribution is 5.97. The van der Waals surface area contributed by atoms with Gasteiger partial charge in [0.05, 0.1) is 19.9 Å². The highest BCUT2D eigenvalue weighted by Gasteiger charge is 2.29. The summed E-state index contributed by atoms with van der Waals surface area (Å²) in [7, 11) is 3.12. The third kappa shape index (κ3) is 4.79. The first-order valence-corrected chi connectivity index (χ1v) is 11.1. The van der Waals surface area contributed by atoms with Crippen molar-refractivity contribution in [3.63, 3.8) is 0 Å². The second-order valence-corrected chi connectivity index (χ2v) is 8.23. The highest BCUT2D eigenvalue weighted by atomic mass is 16.5. The van der Waals surface area contributed by atoms with Crippen LogP contribution in [0.4, 0.5) is 11.5 Å². The zero-order chi connectivity index (χ0) is 22.5. The smallest absolute Gasteiger partial charge is 0.254 e. The summed E-state index contributed by atoms with van der Waals surface area (Å²) in [5.41, 5.74) is 1.29. The number of piperidine rings is 1. The van der Waals surface area contributed by atoms with Crippen LogP contribution in [0.5, 0.6) is 11.5 Å². The fourth-order valence-corrected chi connectivity index (χ4v) is 4.37. The maximum atomic E-state index is 13.0. The Hall–Kier alpha value is -3.29. The quantitative estimate of drug-likeness (QED) is 0.746. The van der Waals surface area contributed by atoms with E-state index in [4.69, 9.17) is 9.47 Å². The van der Waals surface area contributed by atoms with Gasteiger partial charge in [-0.05, 0) is 49.9 Å². The molecule has 1 aromatic heterocycles. The Bertz CT molecular complexity index is 944. The van der Waals surface area contributed by atoms with E-state index < -0.39 is 0 Å². The van der Waals surface area contributed by atoms with Gasteiger partial charge in [0.15, 0.2) is 5.82 Å². The molecule has 170 valence electrons. The number of benzene rings is 1. The van der Waals surface area contributed by atoms with E-state index in [-0.39, 0.29) is 17.7 Å². The Morgan fingerprint density at radius 1 is 1.00 bits per heavy atom.